The lowest BCUT2D eigenvalue weighted by molar-refractivity contribution is -0.143. The van der Waals surface area contributed by atoms with E-state index in [0.29, 0.717) is 53.8 Å². The van der Waals surface area contributed by atoms with E-state index in [-0.39, 0.29) is 23.8 Å². The summed E-state index contributed by atoms with van der Waals surface area (Å²) >= 11 is 6.43. The summed E-state index contributed by atoms with van der Waals surface area (Å²) < 4.78 is 5.41. The number of pyridine rings is 1. The van der Waals surface area contributed by atoms with Crippen LogP contribution < -0.4 is 5.32 Å². The maximum Gasteiger partial charge on any atom is 0.257 e. The van der Waals surface area contributed by atoms with E-state index in [1.54, 1.807) is 19.1 Å². The Bertz CT molecular complexity index is 1190. The quantitative estimate of drug-likeness (QED) is 0.655. The Morgan fingerprint density at radius 1 is 1.22 bits per heavy atom. The number of hydrogen-bond donors (Lipinski definition) is 1. The van der Waals surface area contributed by atoms with Crippen LogP contribution in [0.1, 0.15) is 52.5 Å². The number of amides is 2. The molecule has 2 aliphatic rings. The van der Waals surface area contributed by atoms with Crippen LogP contribution in [0, 0.1) is 31.1 Å². The van der Waals surface area contributed by atoms with Gasteiger partial charge in [0.25, 0.3) is 5.91 Å². The van der Waals surface area contributed by atoms with Crippen LogP contribution in [0.3, 0.4) is 0 Å². The minimum absolute atomic E-state index is 0.0733. The fraction of sp³-hybridized carbons (Fsp3) is 0.481. The number of nitrogens with zero attached hydrogens (tertiary/aromatic N) is 4. The molecule has 3 heterocycles. The van der Waals surface area contributed by atoms with Gasteiger partial charge in [0, 0.05) is 68.3 Å². The summed E-state index contributed by atoms with van der Waals surface area (Å²) in [4.78, 5) is 34.3. The summed E-state index contributed by atoms with van der Waals surface area (Å²) in [5, 5.41) is 12.6. The third kappa shape index (κ3) is 5.86. The maximum atomic E-state index is 13.0. The van der Waals surface area contributed by atoms with Crippen LogP contribution in [-0.4, -0.2) is 65.5 Å². The Morgan fingerprint density at radius 2 is 1.97 bits per heavy atom. The van der Waals surface area contributed by atoms with E-state index >= 15 is 0 Å². The molecule has 36 heavy (non-hydrogen) atoms. The summed E-state index contributed by atoms with van der Waals surface area (Å²) in [6.45, 7) is 10.1. The molecule has 1 atom stereocenters. The first-order chi connectivity index (χ1) is 17.3. The highest BCUT2D eigenvalue weighted by Crippen LogP contribution is 2.28. The Hall–Kier alpha value is -2.99. The number of benzene rings is 1. The first-order valence-corrected chi connectivity index (χ1v) is 12.7. The second-order valence-corrected chi connectivity index (χ2v) is 10.1. The molecule has 1 N–H and O–H groups in total. The lowest BCUT2D eigenvalue weighted by Gasteiger charge is -2.42. The van der Waals surface area contributed by atoms with Crippen molar-refractivity contribution >= 4 is 29.1 Å². The molecular weight excluding hydrogens is 478 g/mol. The Labute approximate surface area is 217 Å². The van der Waals surface area contributed by atoms with Crippen LogP contribution in [0.4, 0.5) is 5.69 Å². The molecular formula is C27H32ClN5O3. The molecule has 2 amide bonds. The maximum absolute atomic E-state index is 13.0. The molecule has 9 heteroatoms. The predicted molar refractivity (Wildman–Crippen MR) is 138 cm³/mol. The third-order valence-electron chi connectivity index (χ3n) is 7.13. The van der Waals surface area contributed by atoms with Crippen molar-refractivity contribution in [2.45, 2.75) is 46.2 Å². The van der Waals surface area contributed by atoms with Crippen LogP contribution in [0.2, 0.25) is 5.02 Å². The molecule has 0 saturated carbocycles. The van der Waals surface area contributed by atoms with Gasteiger partial charge >= 0.3 is 0 Å². The zero-order valence-corrected chi connectivity index (χ0v) is 21.8. The lowest BCUT2D eigenvalue weighted by atomic mass is 9.97. The summed E-state index contributed by atoms with van der Waals surface area (Å²) in [5.41, 5.74) is 3.95. The fourth-order valence-electron chi connectivity index (χ4n) is 4.96. The van der Waals surface area contributed by atoms with E-state index in [1.165, 1.54) is 6.20 Å². The van der Waals surface area contributed by atoms with Gasteiger partial charge in [0.15, 0.2) is 0 Å². The van der Waals surface area contributed by atoms with Gasteiger partial charge in [-0.3, -0.25) is 14.5 Å². The van der Waals surface area contributed by atoms with E-state index in [1.807, 2.05) is 24.0 Å². The topological polar surface area (TPSA) is 98.6 Å². The first-order valence-electron chi connectivity index (χ1n) is 12.3. The van der Waals surface area contributed by atoms with Gasteiger partial charge in [-0.05, 0) is 68.5 Å². The average molecular weight is 510 g/mol. The molecule has 8 nitrogen and oxygen atoms in total. The average Bonchev–Trinajstić information content (AvgIpc) is 2.87. The molecule has 1 aromatic carbocycles. The van der Waals surface area contributed by atoms with Crippen molar-refractivity contribution < 1.29 is 14.3 Å². The molecule has 190 valence electrons. The number of nitriles is 1. The molecule has 0 spiro atoms. The van der Waals surface area contributed by atoms with E-state index in [2.05, 4.69) is 22.1 Å². The fourth-order valence-corrected chi connectivity index (χ4v) is 5.20. The predicted octanol–water partition coefficient (Wildman–Crippen LogP) is 3.94. The third-order valence-corrected chi connectivity index (χ3v) is 7.35. The summed E-state index contributed by atoms with van der Waals surface area (Å²) in [6, 6.07) is 7.47. The number of piperazine rings is 1. The number of carbonyl (C=O) groups is 2. The second-order valence-electron chi connectivity index (χ2n) is 9.70. The molecule has 0 radical (unpaired) electrons. The molecule has 0 bridgehead atoms. The zero-order chi connectivity index (χ0) is 25.8. The lowest BCUT2D eigenvalue weighted by Crippen LogP contribution is -2.55. The molecule has 2 saturated heterocycles. The van der Waals surface area contributed by atoms with Gasteiger partial charge in [-0.15, -0.1) is 0 Å². The monoisotopic (exact) mass is 509 g/mol. The van der Waals surface area contributed by atoms with Gasteiger partial charge < -0.3 is 15.0 Å². The van der Waals surface area contributed by atoms with Gasteiger partial charge in [0.05, 0.1) is 5.56 Å². The number of nitrogens with one attached hydrogen (secondary N) is 1. The van der Waals surface area contributed by atoms with Gasteiger partial charge in [0.2, 0.25) is 5.91 Å². The van der Waals surface area contributed by atoms with Gasteiger partial charge in [-0.25, -0.2) is 4.98 Å². The molecule has 1 aromatic heterocycles. The van der Waals surface area contributed by atoms with Crippen molar-refractivity contribution in [1.82, 2.24) is 14.8 Å². The van der Waals surface area contributed by atoms with Gasteiger partial charge in [-0.1, -0.05) is 11.6 Å². The van der Waals surface area contributed by atoms with Crippen molar-refractivity contribution in [2.75, 3.05) is 38.2 Å². The van der Waals surface area contributed by atoms with Crippen LogP contribution in [0.25, 0.3) is 0 Å². The smallest absolute Gasteiger partial charge is 0.257 e. The molecule has 2 fully saturated rings. The van der Waals surface area contributed by atoms with E-state index in [0.717, 1.165) is 37.1 Å². The Morgan fingerprint density at radius 3 is 2.64 bits per heavy atom. The van der Waals surface area contributed by atoms with Crippen LogP contribution >= 0.6 is 11.6 Å². The zero-order valence-electron chi connectivity index (χ0n) is 21.0. The number of halogens is 1. The van der Waals surface area contributed by atoms with E-state index in [4.69, 9.17) is 21.6 Å². The number of hydrogen-bond acceptors (Lipinski definition) is 6. The molecule has 4 rings (SSSR count). The molecule has 2 aliphatic heterocycles. The second kappa shape index (κ2) is 11.4. The van der Waals surface area contributed by atoms with Crippen LogP contribution in [0.15, 0.2) is 24.4 Å². The number of aryl methyl sites for hydroxylation is 1. The van der Waals surface area contributed by atoms with Gasteiger partial charge in [-0.2, -0.15) is 5.26 Å². The highest BCUT2D eigenvalue weighted by molar-refractivity contribution is 6.31. The van der Waals surface area contributed by atoms with Crippen LogP contribution in [-0.2, 0) is 16.1 Å². The number of rotatable bonds is 5. The van der Waals surface area contributed by atoms with Crippen molar-refractivity contribution in [3.63, 3.8) is 0 Å². The largest absolute Gasteiger partial charge is 0.381 e. The van der Waals surface area contributed by atoms with Crippen molar-refractivity contribution in [3.05, 3.63) is 57.4 Å². The highest BCUT2D eigenvalue weighted by atomic mass is 35.5. The summed E-state index contributed by atoms with van der Waals surface area (Å²) in [7, 11) is 0. The normalized spacial score (nSPS) is 19.1. The first kappa shape index (κ1) is 26.1. The molecule has 0 unspecified atom stereocenters. The Balaban J connectivity index is 1.42. The minimum Gasteiger partial charge on any atom is -0.381 e. The minimum atomic E-state index is -0.305. The van der Waals surface area contributed by atoms with Crippen LogP contribution in [0.5, 0.6) is 0 Å². The van der Waals surface area contributed by atoms with Crippen molar-refractivity contribution in [3.8, 4) is 6.07 Å². The SMILES string of the molecule is Cc1cc(C(=O)Nc2cc(Cl)cc(CN3CCN(C(=O)C4CCOCC4)[C@@H](C)C3)c2C)cnc1C#N. The molecule has 0 aliphatic carbocycles. The highest BCUT2D eigenvalue weighted by Gasteiger charge is 2.32. The Kier molecular flexibility index (Phi) is 8.24. The summed E-state index contributed by atoms with van der Waals surface area (Å²) in [5.74, 6) is 0.0198. The number of carbonyl (C=O) groups excluding carboxylic acids is 2. The molecule has 2 aromatic rings. The van der Waals surface area contributed by atoms with Crippen molar-refractivity contribution in [2.24, 2.45) is 5.92 Å². The summed E-state index contributed by atoms with van der Waals surface area (Å²) in [6.07, 6.45) is 3.02. The van der Waals surface area contributed by atoms with E-state index in [9.17, 15) is 9.59 Å². The van der Waals surface area contributed by atoms with E-state index < -0.39 is 0 Å². The standard InChI is InChI=1S/C27H32ClN5O3/c1-17-10-21(14-30-25(17)13-29)26(34)31-24-12-23(28)11-22(19(24)3)16-32-6-7-33(18(2)15-32)27(35)20-4-8-36-9-5-20/h10-12,14,18,20H,4-9,15-16H2,1-3H3,(H,31,34)/t18-/m0/s1. The number of ether oxygens (including phenoxy) is 1. The number of aromatic nitrogens is 1. The van der Waals surface area contributed by atoms with Gasteiger partial charge in [0.1, 0.15) is 11.8 Å². The van der Waals surface area contributed by atoms with Crippen molar-refractivity contribution in [1.29, 1.82) is 5.26 Å². The number of anilines is 1.